The summed E-state index contributed by atoms with van der Waals surface area (Å²) in [6, 6.07) is 12.8. The zero-order chi connectivity index (χ0) is 17.7. The van der Waals surface area contributed by atoms with Gasteiger partial charge < -0.3 is 5.32 Å². The number of aryl methyl sites for hydroxylation is 2. The van der Waals surface area contributed by atoms with Crippen LogP contribution in [0, 0.1) is 13.8 Å². The average Bonchev–Trinajstić information content (AvgIpc) is 2.49. The number of carbonyl (C=O) groups excluding carboxylic acids is 1. The molecule has 2 aromatic rings. The van der Waals surface area contributed by atoms with Crippen molar-refractivity contribution in [1.82, 2.24) is 0 Å². The molecule has 0 aliphatic heterocycles. The standard InChI is InChI=1S/C17H20N2O3S2/c1-12-8-9-13(2)16(10-12)23-11-17(20)18-14-6-4-5-7-15(14)19-24(3,21)22/h4-10,19H,11H2,1-3H3,(H,18,20). The normalized spacial score (nSPS) is 11.1. The zero-order valence-electron chi connectivity index (χ0n) is 13.8. The predicted octanol–water partition coefficient (Wildman–Crippen LogP) is 3.41. The van der Waals surface area contributed by atoms with E-state index >= 15 is 0 Å². The fourth-order valence-electron chi connectivity index (χ4n) is 2.07. The van der Waals surface area contributed by atoms with Crippen LogP contribution < -0.4 is 10.0 Å². The molecule has 2 N–H and O–H groups in total. The molecule has 0 saturated heterocycles. The number of sulfonamides is 1. The van der Waals surface area contributed by atoms with Gasteiger partial charge in [-0.15, -0.1) is 11.8 Å². The van der Waals surface area contributed by atoms with E-state index in [0.717, 1.165) is 22.3 Å². The van der Waals surface area contributed by atoms with Gasteiger partial charge in [0.2, 0.25) is 15.9 Å². The smallest absolute Gasteiger partial charge is 0.234 e. The first-order valence-corrected chi connectivity index (χ1v) is 10.2. The van der Waals surface area contributed by atoms with Crippen molar-refractivity contribution in [2.24, 2.45) is 0 Å². The third kappa shape index (κ3) is 5.58. The van der Waals surface area contributed by atoms with Crippen LogP contribution in [0.25, 0.3) is 0 Å². The molecule has 2 rings (SSSR count). The first-order chi connectivity index (χ1) is 11.2. The van der Waals surface area contributed by atoms with Crippen LogP contribution in [-0.4, -0.2) is 26.3 Å². The highest BCUT2D eigenvalue weighted by Gasteiger charge is 2.11. The van der Waals surface area contributed by atoms with Crippen LogP contribution in [0.4, 0.5) is 11.4 Å². The van der Waals surface area contributed by atoms with Gasteiger partial charge in [-0.25, -0.2) is 8.42 Å². The molecule has 0 radical (unpaired) electrons. The summed E-state index contributed by atoms with van der Waals surface area (Å²) in [5.41, 5.74) is 3.06. The maximum absolute atomic E-state index is 12.2. The van der Waals surface area contributed by atoms with Crippen LogP contribution >= 0.6 is 11.8 Å². The van der Waals surface area contributed by atoms with E-state index in [-0.39, 0.29) is 11.7 Å². The summed E-state index contributed by atoms with van der Waals surface area (Å²) < 4.78 is 25.2. The molecule has 0 bridgehead atoms. The molecule has 0 unspecified atom stereocenters. The Kier molecular flexibility index (Phi) is 5.90. The maximum Gasteiger partial charge on any atom is 0.234 e. The first-order valence-electron chi connectivity index (χ1n) is 7.31. The lowest BCUT2D eigenvalue weighted by atomic mass is 10.2. The lowest BCUT2D eigenvalue weighted by Gasteiger charge is -2.12. The molecule has 1 amide bonds. The van der Waals surface area contributed by atoms with Gasteiger partial charge in [-0.2, -0.15) is 0 Å². The second kappa shape index (κ2) is 7.72. The third-order valence-corrected chi connectivity index (χ3v) is 4.95. The number of thioether (sulfide) groups is 1. The molecule has 0 saturated carbocycles. The minimum Gasteiger partial charge on any atom is -0.324 e. The largest absolute Gasteiger partial charge is 0.324 e. The number of rotatable bonds is 6. The molecular weight excluding hydrogens is 344 g/mol. The molecule has 5 nitrogen and oxygen atoms in total. The molecule has 0 aliphatic carbocycles. The molecule has 128 valence electrons. The minimum atomic E-state index is -3.41. The molecule has 0 spiro atoms. The molecule has 2 aromatic carbocycles. The predicted molar refractivity (Wildman–Crippen MR) is 100 cm³/mol. The van der Waals surface area contributed by atoms with Crippen molar-refractivity contribution < 1.29 is 13.2 Å². The molecule has 0 atom stereocenters. The van der Waals surface area contributed by atoms with E-state index in [1.807, 2.05) is 32.0 Å². The molecule has 0 aromatic heterocycles. The molecular formula is C17H20N2O3S2. The van der Waals surface area contributed by atoms with E-state index < -0.39 is 10.0 Å². The van der Waals surface area contributed by atoms with Crippen LogP contribution in [0.15, 0.2) is 47.4 Å². The number of carbonyl (C=O) groups is 1. The summed E-state index contributed by atoms with van der Waals surface area (Å²) in [6.45, 7) is 4.02. The first kappa shape index (κ1) is 18.4. The van der Waals surface area contributed by atoms with Gasteiger partial charge in [0.05, 0.1) is 23.4 Å². The number of para-hydroxylation sites is 2. The monoisotopic (exact) mass is 364 g/mol. The van der Waals surface area contributed by atoms with Gasteiger partial charge in [0.1, 0.15) is 0 Å². The van der Waals surface area contributed by atoms with Gasteiger partial charge in [0.15, 0.2) is 0 Å². The SMILES string of the molecule is Cc1ccc(C)c(SCC(=O)Nc2ccccc2NS(C)(=O)=O)c1. The number of nitrogens with one attached hydrogen (secondary N) is 2. The number of benzene rings is 2. The Bertz CT molecular complexity index is 849. The van der Waals surface area contributed by atoms with E-state index in [1.165, 1.54) is 11.8 Å². The fraction of sp³-hybridized carbons (Fsp3) is 0.235. The minimum absolute atomic E-state index is 0.191. The van der Waals surface area contributed by atoms with Gasteiger partial charge >= 0.3 is 0 Å². The van der Waals surface area contributed by atoms with E-state index in [4.69, 9.17) is 0 Å². The van der Waals surface area contributed by atoms with Crippen LogP contribution in [0.1, 0.15) is 11.1 Å². The summed E-state index contributed by atoms with van der Waals surface area (Å²) in [6.07, 6.45) is 1.07. The number of anilines is 2. The number of amides is 1. The van der Waals surface area contributed by atoms with Gasteiger partial charge in [0.25, 0.3) is 0 Å². The van der Waals surface area contributed by atoms with Crippen LogP contribution in [0.5, 0.6) is 0 Å². The molecule has 0 aliphatic rings. The highest BCUT2D eigenvalue weighted by Crippen LogP contribution is 2.25. The molecule has 7 heteroatoms. The van der Waals surface area contributed by atoms with E-state index in [2.05, 4.69) is 10.0 Å². The topological polar surface area (TPSA) is 75.3 Å². The summed E-state index contributed by atoms with van der Waals surface area (Å²) in [4.78, 5) is 13.3. The van der Waals surface area contributed by atoms with Crippen molar-refractivity contribution >= 4 is 39.1 Å². The Morgan fingerprint density at radius 1 is 1.08 bits per heavy atom. The Morgan fingerprint density at radius 3 is 2.42 bits per heavy atom. The molecule has 0 fully saturated rings. The quantitative estimate of drug-likeness (QED) is 0.770. The van der Waals surface area contributed by atoms with Crippen molar-refractivity contribution in [2.45, 2.75) is 18.7 Å². The lowest BCUT2D eigenvalue weighted by molar-refractivity contribution is -0.113. The van der Waals surface area contributed by atoms with Crippen LogP contribution in [0.2, 0.25) is 0 Å². The van der Waals surface area contributed by atoms with Gasteiger partial charge in [0, 0.05) is 4.90 Å². The third-order valence-electron chi connectivity index (χ3n) is 3.20. The second-order valence-corrected chi connectivity index (χ2v) is 8.29. The van der Waals surface area contributed by atoms with Crippen molar-refractivity contribution in [3.63, 3.8) is 0 Å². The van der Waals surface area contributed by atoms with Gasteiger partial charge in [-0.05, 0) is 37.6 Å². The van der Waals surface area contributed by atoms with Gasteiger partial charge in [-0.1, -0.05) is 29.8 Å². The Labute approximate surface area is 146 Å². The van der Waals surface area contributed by atoms with Gasteiger partial charge in [-0.3, -0.25) is 9.52 Å². The Morgan fingerprint density at radius 2 is 1.75 bits per heavy atom. The maximum atomic E-state index is 12.2. The molecule has 0 heterocycles. The number of hydrogen-bond acceptors (Lipinski definition) is 4. The average molecular weight is 364 g/mol. The fourth-order valence-corrected chi connectivity index (χ4v) is 3.57. The Balaban J connectivity index is 2.04. The Hall–Kier alpha value is -1.99. The van der Waals surface area contributed by atoms with E-state index in [9.17, 15) is 13.2 Å². The van der Waals surface area contributed by atoms with Crippen LogP contribution in [0.3, 0.4) is 0 Å². The summed E-state index contributed by atoms with van der Waals surface area (Å²) in [5.74, 6) is 0.0565. The zero-order valence-corrected chi connectivity index (χ0v) is 15.4. The highest BCUT2D eigenvalue weighted by molar-refractivity contribution is 8.00. The highest BCUT2D eigenvalue weighted by atomic mass is 32.2. The van der Waals surface area contributed by atoms with Crippen molar-refractivity contribution in [3.05, 3.63) is 53.6 Å². The van der Waals surface area contributed by atoms with Crippen molar-refractivity contribution in [3.8, 4) is 0 Å². The summed E-state index contributed by atoms with van der Waals surface area (Å²) >= 11 is 1.46. The van der Waals surface area contributed by atoms with E-state index in [1.54, 1.807) is 24.3 Å². The van der Waals surface area contributed by atoms with Crippen LogP contribution in [-0.2, 0) is 14.8 Å². The summed E-state index contributed by atoms with van der Waals surface area (Å²) in [5, 5.41) is 2.75. The second-order valence-electron chi connectivity index (χ2n) is 5.53. The lowest BCUT2D eigenvalue weighted by Crippen LogP contribution is -2.17. The van der Waals surface area contributed by atoms with Crippen molar-refractivity contribution in [2.75, 3.05) is 22.0 Å². The van der Waals surface area contributed by atoms with E-state index in [0.29, 0.717) is 11.4 Å². The molecule has 24 heavy (non-hydrogen) atoms. The van der Waals surface area contributed by atoms with Crippen molar-refractivity contribution in [1.29, 1.82) is 0 Å². The number of hydrogen-bond donors (Lipinski definition) is 2. The summed E-state index contributed by atoms with van der Waals surface area (Å²) in [7, 11) is -3.41.